The zero-order valence-electron chi connectivity index (χ0n) is 10.3. The van der Waals surface area contributed by atoms with E-state index >= 15 is 0 Å². The fourth-order valence-electron chi connectivity index (χ4n) is 2.03. The zero-order valence-corrected chi connectivity index (χ0v) is 10.3. The van der Waals surface area contributed by atoms with Crippen LogP contribution < -0.4 is 4.90 Å². The molecule has 0 saturated heterocycles. The van der Waals surface area contributed by atoms with Gasteiger partial charge in [-0.1, -0.05) is 12.1 Å². The molecule has 0 spiro atoms. The molecule has 3 heteroatoms. The Kier molecular flexibility index (Phi) is 3.93. The standard InChI is InChI=1S/C13H19NO2/c1-9(2)14(10(3)4)12-8-6-5-7-11(12)13(15)16/h5-10H,1-4H3,(H,15,16). The first-order valence-corrected chi connectivity index (χ1v) is 5.55. The lowest BCUT2D eigenvalue weighted by atomic mass is 10.1. The van der Waals surface area contributed by atoms with E-state index in [1.165, 1.54) is 0 Å². The molecule has 0 aliphatic carbocycles. The molecule has 0 fully saturated rings. The van der Waals surface area contributed by atoms with E-state index in [-0.39, 0.29) is 12.1 Å². The van der Waals surface area contributed by atoms with Gasteiger partial charge in [0.15, 0.2) is 0 Å². The summed E-state index contributed by atoms with van der Waals surface area (Å²) in [4.78, 5) is 13.3. The number of para-hydroxylation sites is 1. The van der Waals surface area contributed by atoms with Gasteiger partial charge in [-0.25, -0.2) is 4.79 Å². The Bertz CT molecular complexity index is 364. The number of anilines is 1. The molecular formula is C13H19NO2. The SMILES string of the molecule is CC(C)N(c1ccccc1C(=O)O)C(C)C. The van der Waals surface area contributed by atoms with Crippen LogP contribution in [0.25, 0.3) is 0 Å². The quantitative estimate of drug-likeness (QED) is 0.849. The van der Waals surface area contributed by atoms with E-state index in [0.717, 1.165) is 5.69 Å². The summed E-state index contributed by atoms with van der Waals surface area (Å²) in [5.41, 5.74) is 1.16. The number of hydrogen-bond acceptors (Lipinski definition) is 2. The van der Waals surface area contributed by atoms with Crippen LogP contribution in [0.5, 0.6) is 0 Å². The molecule has 0 amide bonds. The Balaban J connectivity index is 3.23. The number of hydrogen-bond donors (Lipinski definition) is 1. The summed E-state index contributed by atoms with van der Waals surface area (Å²) in [6.07, 6.45) is 0. The lowest BCUT2D eigenvalue weighted by molar-refractivity contribution is 0.0697. The van der Waals surface area contributed by atoms with Crippen molar-refractivity contribution in [3.05, 3.63) is 29.8 Å². The number of rotatable bonds is 4. The Morgan fingerprint density at radius 2 is 1.62 bits per heavy atom. The predicted octanol–water partition coefficient (Wildman–Crippen LogP) is 3.01. The molecule has 0 aromatic heterocycles. The summed E-state index contributed by atoms with van der Waals surface area (Å²) in [5.74, 6) is -0.873. The molecule has 1 rings (SSSR count). The Morgan fingerprint density at radius 3 is 2.06 bits per heavy atom. The number of carbonyl (C=O) groups is 1. The molecule has 16 heavy (non-hydrogen) atoms. The topological polar surface area (TPSA) is 40.5 Å². The van der Waals surface area contributed by atoms with Crippen molar-refractivity contribution < 1.29 is 9.90 Å². The van der Waals surface area contributed by atoms with E-state index in [1.54, 1.807) is 12.1 Å². The van der Waals surface area contributed by atoms with E-state index in [2.05, 4.69) is 32.6 Å². The van der Waals surface area contributed by atoms with Crippen molar-refractivity contribution in [2.24, 2.45) is 0 Å². The van der Waals surface area contributed by atoms with E-state index in [4.69, 9.17) is 5.11 Å². The first kappa shape index (κ1) is 12.6. The summed E-state index contributed by atoms with van der Waals surface area (Å²) in [7, 11) is 0. The van der Waals surface area contributed by atoms with Gasteiger partial charge < -0.3 is 10.0 Å². The van der Waals surface area contributed by atoms with Crippen molar-refractivity contribution in [3.63, 3.8) is 0 Å². The van der Waals surface area contributed by atoms with E-state index in [9.17, 15) is 4.79 Å². The first-order chi connectivity index (χ1) is 7.45. The second-order valence-electron chi connectivity index (χ2n) is 4.42. The molecule has 0 aliphatic rings. The molecule has 1 aromatic rings. The van der Waals surface area contributed by atoms with Crippen LogP contribution in [-0.4, -0.2) is 23.2 Å². The van der Waals surface area contributed by atoms with E-state index in [0.29, 0.717) is 5.56 Å². The smallest absolute Gasteiger partial charge is 0.337 e. The highest BCUT2D eigenvalue weighted by atomic mass is 16.4. The van der Waals surface area contributed by atoms with Crippen LogP contribution >= 0.6 is 0 Å². The molecule has 0 radical (unpaired) electrons. The lowest BCUT2D eigenvalue weighted by Crippen LogP contribution is -2.38. The molecule has 0 saturated carbocycles. The maximum atomic E-state index is 11.1. The minimum atomic E-state index is -0.873. The van der Waals surface area contributed by atoms with Crippen LogP contribution in [0.2, 0.25) is 0 Å². The zero-order chi connectivity index (χ0) is 12.3. The summed E-state index contributed by atoms with van der Waals surface area (Å²) in [6.45, 7) is 8.27. The highest BCUT2D eigenvalue weighted by Gasteiger charge is 2.19. The summed E-state index contributed by atoms with van der Waals surface area (Å²) in [5, 5.41) is 9.15. The summed E-state index contributed by atoms with van der Waals surface area (Å²) < 4.78 is 0. The van der Waals surface area contributed by atoms with Gasteiger partial charge in [0.05, 0.1) is 11.3 Å². The van der Waals surface area contributed by atoms with Crippen molar-refractivity contribution in [2.45, 2.75) is 39.8 Å². The largest absolute Gasteiger partial charge is 0.478 e. The number of benzene rings is 1. The fraction of sp³-hybridized carbons (Fsp3) is 0.462. The monoisotopic (exact) mass is 221 g/mol. The third kappa shape index (κ3) is 2.54. The van der Waals surface area contributed by atoms with E-state index < -0.39 is 5.97 Å². The molecule has 3 nitrogen and oxygen atoms in total. The van der Waals surface area contributed by atoms with Gasteiger partial charge in [0.25, 0.3) is 0 Å². The first-order valence-electron chi connectivity index (χ1n) is 5.55. The van der Waals surface area contributed by atoms with Gasteiger partial charge in [0.1, 0.15) is 0 Å². The van der Waals surface area contributed by atoms with Gasteiger partial charge in [0, 0.05) is 12.1 Å². The molecule has 0 bridgehead atoms. The minimum Gasteiger partial charge on any atom is -0.478 e. The van der Waals surface area contributed by atoms with E-state index in [1.807, 2.05) is 12.1 Å². The second-order valence-corrected chi connectivity index (χ2v) is 4.42. The maximum absolute atomic E-state index is 11.1. The van der Waals surface area contributed by atoms with Crippen LogP contribution in [0.4, 0.5) is 5.69 Å². The molecule has 0 unspecified atom stereocenters. The molecular weight excluding hydrogens is 202 g/mol. The lowest BCUT2D eigenvalue weighted by Gasteiger charge is -2.34. The molecule has 0 atom stereocenters. The normalized spacial score (nSPS) is 10.9. The molecule has 88 valence electrons. The average molecular weight is 221 g/mol. The number of aromatic carboxylic acids is 1. The molecule has 0 aliphatic heterocycles. The summed E-state index contributed by atoms with van der Waals surface area (Å²) >= 11 is 0. The van der Waals surface area contributed by atoms with Gasteiger partial charge in [-0.15, -0.1) is 0 Å². The van der Waals surface area contributed by atoms with Crippen molar-refractivity contribution in [2.75, 3.05) is 4.90 Å². The molecule has 0 heterocycles. The van der Waals surface area contributed by atoms with Gasteiger partial charge in [-0.05, 0) is 39.8 Å². The van der Waals surface area contributed by atoms with Crippen molar-refractivity contribution in [3.8, 4) is 0 Å². The Morgan fingerprint density at radius 1 is 1.12 bits per heavy atom. The third-order valence-electron chi connectivity index (χ3n) is 2.53. The average Bonchev–Trinajstić information content (AvgIpc) is 2.17. The number of nitrogens with zero attached hydrogens (tertiary/aromatic N) is 1. The van der Waals surface area contributed by atoms with Crippen molar-refractivity contribution in [1.29, 1.82) is 0 Å². The van der Waals surface area contributed by atoms with Crippen LogP contribution in [0.15, 0.2) is 24.3 Å². The molecule has 1 N–H and O–H groups in total. The van der Waals surface area contributed by atoms with Crippen LogP contribution in [0.3, 0.4) is 0 Å². The molecule has 1 aromatic carbocycles. The van der Waals surface area contributed by atoms with Gasteiger partial charge in [0.2, 0.25) is 0 Å². The van der Waals surface area contributed by atoms with Gasteiger partial charge >= 0.3 is 5.97 Å². The Labute approximate surface area is 96.7 Å². The van der Waals surface area contributed by atoms with Crippen LogP contribution in [-0.2, 0) is 0 Å². The summed E-state index contributed by atoms with van der Waals surface area (Å²) in [6, 6.07) is 7.70. The van der Waals surface area contributed by atoms with Crippen molar-refractivity contribution in [1.82, 2.24) is 0 Å². The van der Waals surface area contributed by atoms with Crippen LogP contribution in [0.1, 0.15) is 38.1 Å². The van der Waals surface area contributed by atoms with Gasteiger partial charge in [-0.3, -0.25) is 0 Å². The maximum Gasteiger partial charge on any atom is 0.337 e. The fourth-order valence-corrected chi connectivity index (χ4v) is 2.03. The predicted molar refractivity (Wildman–Crippen MR) is 66.2 cm³/mol. The van der Waals surface area contributed by atoms with Gasteiger partial charge in [-0.2, -0.15) is 0 Å². The number of carboxylic acids is 1. The second kappa shape index (κ2) is 5.01. The van der Waals surface area contributed by atoms with Crippen molar-refractivity contribution >= 4 is 11.7 Å². The third-order valence-corrected chi connectivity index (χ3v) is 2.53. The highest BCUT2D eigenvalue weighted by Crippen LogP contribution is 2.24. The van der Waals surface area contributed by atoms with Crippen LogP contribution in [0, 0.1) is 0 Å². The highest BCUT2D eigenvalue weighted by molar-refractivity contribution is 5.94. The number of carboxylic acid groups (broad SMARTS) is 1. The Hall–Kier alpha value is -1.51. The minimum absolute atomic E-state index is 0.278.